The fourth-order valence-corrected chi connectivity index (χ4v) is 5.15. The van der Waals surface area contributed by atoms with E-state index in [1.807, 2.05) is 12.1 Å². The van der Waals surface area contributed by atoms with Gasteiger partial charge in [-0.3, -0.25) is 0 Å². The van der Waals surface area contributed by atoms with Crippen LogP contribution in [0.4, 0.5) is 0 Å². The molecular weight excluding hydrogens is 309 g/mol. The lowest BCUT2D eigenvalue weighted by atomic mass is 9.86. The van der Waals surface area contributed by atoms with Gasteiger partial charge in [-0.1, -0.05) is 38.4 Å². The van der Waals surface area contributed by atoms with Crippen molar-refractivity contribution in [2.24, 2.45) is 4.40 Å². The molecule has 0 saturated carbocycles. The Balaban J connectivity index is 2.58. The smallest absolute Gasteiger partial charge is 0.153 e. The van der Waals surface area contributed by atoms with E-state index in [0.29, 0.717) is 15.6 Å². The van der Waals surface area contributed by atoms with Crippen molar-refractivity contribution in [1.82, 2.24) is 0 Å². The SMILES string of the molecule is CC(C)(C)c1ccc(O)c(C2=S(Cl)SN=C2Cl)c1. The molecule has 1 heterocycles. The molecule has 0 aliphatic carbocycles. The first-order chi connectivity index (χ1) is 8.30. The van der Waals surface area contributed by atoms with E-state index in [-0.39, 0.29) is 11.2 Å². The molecule has 1 N–H and O–H groups in total. The van der Waals surface area contributed by atoms with Crippen LogP contribution in [0.15, 0.2) is 22.6 Å². The van der Waals surface area contributed by atoms with Gasteiger partial charge in [0, 0.05) is 5.56 Å². The Morgan fingerprint density at radius 2 is 2.00 bits per heavy atom. The van der Waals surface area contributed by atoms with E-state index in [1.54, 1.807) is 6.07 Å². The molecule has 1 aliphatic rings. The third-order valence-corrected chi connectivity index (χ3v) is 6.33. The van der Waals surface area contributed by atoms with Crippen molar-refractivity contribution in [3.05, 3.63) is 29.3 Å². The van der Waals surface area contributed by atoms with Crippen LogP contribution in [-0.2, 0) is 5.41 Å². The van der Waals surface area contributed by atoms with Crippen LogP contribution in [0.5, 0.6) is 5.75 Å². The van der Waals surface area contributed by atoms with Gasteiger partial charge < -0.3 is 5.11 Å². The summed E-state index contributed by atoms with van der Waals surface area (Å²) in [5, 5.41) is 10.4. The molecule has 0 radical (unpaired) electrons. The second-order valence-corrected chi connectivity index (χ2v) is 9.46. The largest absolute Gasteiger partial charge is 0.507 e. The average Bonchev–Trinajstić information content (AvgIpc) is 2.58. The van der Waals surface area contributed by atoms with Crippen molar-refractivity contribution < 1.29 is 5.11 Å². The molecule has 2 rings (SSSR count). The van der Waals surface area contributed by atoms with Crippen LogP contribution in [0.25, 0.3) is 0 Å². The molecule has 0 bridgehead atoms. The number of phenolic OH excluding ortho intramolecular Hbond substituents is 1. The van der Waals surface area contributed by atoms with E-state index < -0.39 is 8.73 Å². The molecule has 2 nitrogen and oxygen atoms in total. The topological polar surface area (TPSA) is 32.6 Å². The molecule has 1 atom stereocenters. The molecule has 0 fully saturated rings. The third kappa shape index (κ3) is 2.72. The summed E-state index contributed by atoms with van der Waals surface area (Å²) in [4.78, 5) is 0.715. The number of hydrogen-bond donors (Lipinski definition) is 1. The summed E-state index contributed by atoms with van der Waals surface area (Å²) in [6, 6.07) is 5.54. The molecule has 0 aromatic heterocycles. The normalized spacial score (nSPS) is 20.2. The Bertz CT molecular complexity index is 562. The summed E-state index contributed by atoms with van der Waals surface area (Å²) in [7, 11) is 6.79. The number of hydrogen-bond acceptors (Lipinski definition) is 3. The molecule has 0 spiro atoms. The highest BCUT2D eigenvalue weighted by molar-refractivity contribution is 8.93. The van der Waals surface area contributed by atoms with Gasteiger partial charge in [-0.05, 0) is 42.5 Å². The number of rotatable bonds is 1. The third-order valence-electron chi connectivity index (χ3n) is 2.64. The lowest BCUT2D eigenvalue weighted by Gasteiger charge is -2.20. The van der Waals surface area contributed by atoms with Crippen molar-refractivity contribution in [1.29, 1.82) is 0 Å². The highest BCUT2D eigenvalue weighted by Crippen LogP contribution is 2.46. The van der Waals surface area contributed by atoms with E-state index in [9.17, 15) is 5.11 Å². The van der Waals surface area contributed by atoms with Crippen LogP contribution in [0.1, 0.15) is 31.9 Å². The van der Waals surface area contributed by atoms with Crippen molar-refractivity contribution in [2.75, 3.05) is 0 Å². The maximum absolute atomic E-state index is 10.00. The lowest BCUT2D eigenvalue weighted by molar-refractivity contribution is 0.473. The van der Waals surface area contributed by atoms with Gasteiger partial charge in [-0.2, -0.15) is 4.40 Å². The summed E-state index contributed by atoms with van der Waals surface area (Å²) in [5.41, 5.74) is 1.81. The van der Waals surface area contributed by atoms with Gasteiger partial charge in [0.05, 0.1) is 15.8 Å². The minimum atomic E-state index is -0.627. The monoisotopic (exact) mass is 321 g/mol. The molecule has 18 heavy (non-hydrogen) atoms. The Hall–Kier alpha value is -0.160. The molecule has 6 heteroatoms. The van der Waals surface area contributed by atoms with E-state index in [4.69, 9.17) is 22.3 Å². The molecule has 0 amide bonds. The highest BCUT2D eigenvalue weighted by atomic mass is 35.7. The molecule has 1 unspecified atom stereocenters. The van der Waals surface area contributed by atoms with Crippen LogP contribution >= 0.6 is 42.0 Å². The van der Waals surface area contributed by atoms with Crippen molar-refractivity contribution >= 4 is 52.0 Å². The fourth-order valence-electron chi connectivity index (χ4n) is 1.59. The quantitative estimate of drug-likeness (QED) is 0.455. The molecular formula is C12H13Cl2NOS2. The van der Waals surface area contributed by atoms with Gasteiger partial charge in [0.1, 0.15) is 5.75 Å². The first-order valence-electron chi connectivity index (χ1n) is 5.33. The first kappa shape index (κ1) is 14.3. The summed E-state index contributed by atoms with van der Waals surface area (Å²) < 4.78 is 4.04. The Morgan fingerprint density at radius 1 is 1.33 bits per heavy atom. The number of halogens is 2. The van der Waals surface area contributed by atoms with Crippen molar-refractivity contribution in [3.8, 4) is 5.75 Å². The second kappa shape index (κ2) is 5.08. The average molecular weight is 322 g/mol. The van der Waals surface area contributed by atoms with Crippen LogP contribution in [0.3, 0.4) is 0 Å². The molecule has 1 aromatic rings. The maximum Gasteiger partial charge on any atom is 0.153 e. The summed E-state index contributed by atoms with van der Waals surface area (Å²) in [6.07, 6.45) is 0. The predicted octanol–water partition coefficient (Wildman–Crippen LogP) is 4.85. The summed E-state index contributed by atoms with van der Waals surface area (Å²) in [5.74, 6) is 0.187. The number of nitrogens with zero attached hydrogens (tertiary/aromatic N) is 1. The molecule has 1 aliphatic heterocycles. The van der Waals surface area contributed by atoms with Crippen LogP contribution in [-0.4, -0.2) is 15.1 Å². The molecule has 0 saturated heterocycles. The van der Waals surface area contributed by atoms with Gasteiger partial charge in [0.25, 0.3) is 0 Å². The van der Waals surface area contributed by atoms with Gasteiger partial charge in [-0.15, -0.1) is 0 Å². The zero-order valence-corrected chi connectivity index (χ0v) is 13.3. The van der Waals surface area contributed by atoms with Gasteiger partial charge in [-0.25, -0.2) is 0 Å². The van der Waals surface area contributed by atoms with Gasteiger partial charge in [0.15, 0.2) is 5.17 Å². The molecule has 98 valence electrons. The fraction of sp³-hybridized carbons (Fsp3) is 0.333. The zero-order chi connectivity index (χ0) is 13.5. The maximum atomic E-state index is 10.00. The van der Waals surface area contributed by atoms with E-state index in [1.165, 1.54) is 11.0 Å². The Morgan fingerprint density at radius 3 is 2.50 bits per heavy atom. The second-order valence-electron chi connectivity index (χ2n) is 4.99. The van der Waals surface area contributed by atoms with E-state index in [0.717, 1.165) is 5.56 Å². The van der Waals surface area contributed by atoms with Crippen molar-refractivity contribution in [2.45, 2.75) is 26.2 Å². The molecule has 1 aromatic carbocycles. The van der Waals surface area contributed by atoms with E-state index in [2.05, 4.69) is 25.2 Å². The van der Waals surface area contributed by atoms with E-state index >= 15 is 0 Å². The van der Waals surface area contributed by atoms with Gasteiger partial charge in [0.2, 0.25) is 0 Å². The highest BCUT2D eigenvalue weighted by Gasteiger charge is 2.24. The zero-order valence-electron chi connectivity index (χ0n) is 10.2. The Kier molecular flexibility index (Phi) is 4.02. The number of benzene rings is 1. The number of phenols is 1. The predicted molar refractivity (Wildman–Crippen MR) is 85.2 cm³/mol. The van der Waals surface area contributed by atoms with Gasteiger partial charge >= 0.3 is 0 Å². The minimum Gasteiger partial charge on any atom is -0.507 e. The minimum absolute atomic E-state index is 0.00327. The van der Waals surface area contributed by atoms with Crippen LogP contribution in [0.2, 0.25) is 0 Å². The first-order valence-corrected chi connectivity index (χ1v) is 9.05. The van der Waals surface area contributed by atoms with Crippen LogP contribution in [0, 0.1) is 0 Å². The van der Waals surface area contributed by atoms with Crippen LogP contribution < -0.4 is 0 Å². The Labute approximate surface area is 122 Å². The lowest BCUT2D eigenvalue weighted by Crippen LogP contribution is -2.13. The standard InChI is InChI=1S/C12H13Cl2NOS2/c1-12(2,3)7-4-5-9(16)8(6-7)10-11(13)15-17-18(10)14/h4-6,16H,1-3H3. The van der Waals surface area contributed by atoms with Crippen molar-refractivity contribution in [3.63, 3.8) is 0 Å². The summed E-state index contributed by atoms with van der Waals surface area (Å²) >= 11 is 6.05. The number of aromatic hydroxyl groups is 1. The summed E-state index contributed by atoms with van der Waals surface area (Å²) in [6.45, 7) is 6.36.